The van der Waals surface area contributed by atoms with Gasteiger partial charge in [-0.3, -0.25) is 4.57 Å². The molecular formula is C20H14FN5. The van der Waals surface area contributed by atoms with Crippen molar-refractivity contribution in [1.82, 2.24) is 14.5 Å². The van der Waals surface area contributed by atoms with E-state index >= 15 is 0 Å². The molecule has 0 unspecified atom stereocenters. The third kappa shape index (κ3) is 2.87. The molecule has 0 atom stereocenters. The van der Waals surface area contributed by atoms with Gasteiger partial charge in [-0.2, -0.15) is 5.26 Å². The van der Waals surface area contributed by atoms with E-state index in [1.54, 1.807) is 18.2 Å². The molecule has 0 spiro atoms. The van der Waals surface area contributed by atoms with Crippen molar-refractivity contribution in [3.63, 3.8) is 0 Å². The lowest BCUT2D eigenvalue weighted by atomic mass is 10.2. The predicted octanol–water partition coefficient (Wildman–Crippen LogP) is 4.48. The average Bonchev–Trinajstić information content (AvgIpc) is 2.97. The van der Waals surface area contributed by atoms with Crippen LogP contribution in [0.25, 0.3) is 16.9 Å². The molecular weight excluding hydrogens is 329 g/mol. The van der Waals surface area contributed by atoms with Gasteiger partial charge in [-0.15, -0.1) is 0 Å². The van der Waals surface area contributed by atoms with Gasteiger partial charge in [0.25, 0.3) is 0 Å². The van der Waals surface area contributed by atoms with Gasteiger partial charge in [0, 0.05) is 11.8 Å². The van der Waals surface area contributed by atoms with E-state index in [-0.39, 0.29) is 5.82 Å². The SMILES string of the molecule is Cc1nc2ccc(F)cc2n1-c1cccc(Nc2ccc(C#N)cc2)n1. The Bertz CT molecular complexity index is 1140. The predicted molar refractivity (Wildman–Crippen MR) is 98.0 cm³/mol. The van der Waals surface area contributed by atoms with Crippen LogP contribution in [0.4, 0.5) is 15.9 Å². The number of pyridine rings is 1. The Hall–Kier alpha value is -3.72. The lowest BCUT2D eigenvalue weighted by Gasteiger charge is -2.10. The summed E-state index contributed by atoms with van der Waals surface area (Å²) >= 11 is 0. The molecule has 4 rings (SSSR count). The van der Waals surface area contributed by atoms with Crippen molar-refractivity contribution in [3.8, 4) is 11.9 Å². The van der Waals surface area contributed by atoms with E-state index in [0.717, 1.165) is 17.0 Å². The molecule has 0 aliphatic heterocycles. The third-order valence-corrected chi connectivity index (χ3v) is 4.03. The van der Waals surface area contributed by atoms with Crippen molar-refractivity contribution >= 4 is 22.5 Å². The fourth-order valence-electron chi connectivity index (χ4n) is 2.85. The molecule has 6 heteroatoms. The first-order chi connectivity index (χ1) is 12.6. The van der Waals surface area contributed by atoms with Crippen LogP contribution in [-0.2, 0) is 0 Å². The third-order valence-electron chi connectivity index (χ3n) is 4.03. The van der Waals surface area contributed by atoms with Gasteiger partial charge >= 0.3 is 0 Å². The number of nitrogens with zero attached hydrogens (tertiary/aromatic N) is 4. The van der Waals surface area contributed by atoms with Crippen LogP contribution < -0.4 is 5.32 Å². The zero-order valence-corrected chi connectivity index (χ0v) is 13.9. The molecule has 0 amide bonds. The summed E-state index contributed by atoms with van der Waals surface area (Å²) in [5.41, 5.74) is 2.81. The second kappa shape index (κ2) is 6.30. The maximum absolute atomic E-state index is 13.7. The number of rotatable bonds is 3. The molecule has 2 aromatic carbocycles. The van der Waals surface area contributed by atoms with E-state index in [2.05, 4.69) is 21.4 Å². The van der Waals surface area contributed by atoms with Crippen LogP contribution in [0.1, 0.15) is 11.4 Å². The summed E-state index contributed by atoms with van der Waals surface area (Å²) in [6.45, 7) is 1.86. The average molecular weight is 343 g/mol. The van der Waals surface area contributed by atoms with Crippen molar-refractivity contribution < 1.29 is 4.39 Å². The number of benzene rings is 2. The molecule has 26 heavy (non-hydrogen) atoms. The Morgan fingerprint density at radius 1 is 1.04 bits per heavy atom. The number of aromatic nitrogens is 3. The highest BCUT2D eigenvalue weighted by molar-refractivity contribution is 5.78. The van der Waals surface area contributed by atoms with Crippen LogP contribution in [0, 0.1) is 24.1 Å². The highest BCUT2D eigenvalue weighted by atomic mass is 19.1. The first kappa shape index (κ1) is 15.8. The smallest absolute Gasteiger partial charge is 0.140 e. The summed E-state index contributed by atoms with van der Waals surface area (Å²) in [6.07, 6.45) is 0. The summed E-state index contributed by atoms with van der Waals surface area (Å²) in [6, 6.07) is 19.3. The number of anilines is 2. The fourth-order valence-corrected chi connectivity index (χ4v) is 2.85. The van der Waals surface area contributed by atoms with Crippen LogP contribution in [0.2, 0.25) is 0 Å². The molecule has 0 bridgehead atoms. The fraction of sp³-hybridized carbons (Fsp3) is 0.0500. The van der Waals surface area contributed by atoms with Crippen molar-refractivity contribution in [3.05, 3.63) is 77.9 Å². The van der Waals surface area contributed by atoms with Crippen molar-refractivity contribution in [2.45, 2.75) is 6.92 Å². The number of nitrogens with one attached hydrogen (secondary N) is 1. The minimum absolute atomic E-state index is 0.314. The number of aryl methyl sites for hydroxylation is 1. The number of halogens is 1. The van der Waals surface area contributed by atoms with E-state index < -0.39 is 0 Å². The summed E-state index contributed by atoms with van der Waals surface area (Å²) in [4.78, 5) is 9.09. The standard InChI is InChI=1S/C20H14FN5/c1-13-23-17-10-7-15(21)11-18(17)26(13)20-4-2-3-19(25-20)24-16-8-5-14(12-22)6-9-16/h2-11H,1H3,(H,24,25). The van der Waals surface area contributed by atoms with Gasteiger partial charge in [0.2, 0.25) is 0 Å². The van der Waals surface area contributed by atoms with E-state index in [9.17, 15) is 4.39 Å². The lowest BCUT2D eigenvalue weighted by Crippen LogP contribution is -2.02. The first-order valence-corrected chi connectivity index (χ1v) is 8.03. The Morgan fingerprint density at radius 2 is 1.85 bits per heavy atom. The summed E-state index contributed by atoms with van der Waals surface area (Å²) in [5, 5.41) is 12.1. The van der Waals surface area contributed by atoms with Gasteiger partial charge in [0.05, 0.1) is 22.7 Å². The minimum Gasteiger partial charge on any atom is -0.340 e. The first-order valence-electron chi connectivity index (χ1n) is 8.03. The number of hydrogen-bond donors (Lipinski definition) is 1. The Kier molecular flexibility index (Phi) is 3.82. The molecule has 126 valence electrons. The highest BCUT2D eigenvalue weighted by Gasteiger charge is 2.11. The number of nitriles is 1. The molecule has 0 saturated heterocycles. The number of hydrogen-bond acceptors (Lipinski definition) is 4. The van der Waals surface area contributed by atoms with Gasteiger partial charge in [-0.1, -0.05) is 6.07 Å². The van der Waals surface area contributed by atoms with Crippen LogP contribution in [0.5, 0.6) is 0 Å². The van der Waals surface area contributed by atoms with E-state index in [0.29, 0.717) is 22.7 Å². The van der Waals surface area contributed by atoms with Crippen LogP contribution in [-0.4, -0.2) is 14.5 Å². The lowest BCUT2D eigenvalue weighted by molar-refractivity contribution is 0.629. The van der Waals surface area contributed by atoms with E-state index in [1.807, 2.05) is 41.8 Å². The second-order valence-corrected chi connectivity index (χ2v) is 5.82. The molecule has 0 saturated carbocycles. The summed E-state index contributed by atoms with van der Waals surface area (Å²) in [5.74, 6) is 1.71. The second-order valence-electron chi connectivity index (χ2n) is 5.82. The Labute approximate surface area is 149 Å². The van der Waals surface area contributed by atoms with Crippen molar-refractivity contribution in [2.24, 2.45) is 0 Å². The quantitative estimate of drug-likeness (QED) is 0.595. The van der Waals surface area contributed by atoms with Gasteiger partial charge < -0.3 is 5.32 Å². The molecule has 0 aliphatic carbocycles. The molecule has 1 N–H and O–H groups in total. The summed E-state index contributed by atoms with van der Waals surface area (Å²) in [7, 11) is 0. The van der Waals surface area contributed by atoms with Crippen LogP contribution in [0.3, 0.4) is 0 Å². The minimum atomic E-state index is -0.314. The zero-order valence-electron chi connectivity index (χ0n) is 13.9. The molecule has 0 fully saturated rings. The van der Waals surface area contributed by atoms with E-state index in [1.165, 1.54) is 12.1 Å². The Morgan fingerprint density at radius 3 is 2.62 bits per heavy atom. The molecule has 2 aromatic heterocycles. The van der Waals surface area contributed by atoms with Gasteiger partial charge in [-0.05, 0) is 55.5 Å². The van der Waals surface area contributed by atoms with Gasteiger partial charge in [0.15, 0.2) is 0 Å². The topological polar surface area (TPSA) is 66.5 Å². The monoisotopic (exact) mass is 343 g/mol. The molecule has 5 nitrogen and oxygen atoms in total. The zero-order chi connectivity index (χ0) is 18.1. The number of imidazole rings is 1. The Balaban J connectivity index is 1.73. The van der Waals surface area contributed by atoms with Gasteiger partial charge in [0.1, 0.15) is 23.3 Å². The van der Waals surface area contributed by atoms with Crippen molar-refractivity contribution in [2.75, 3.05) is 5.32 Å². The molecule has 0 radical (unpaired) electrons. The maximum atomic E-state index is 13.7. The maximum Gasteiger partial charge on any atom is 0.140 e. The number of fused-ring (bicyclic) bond motifs is 1. The molecule has 2 heterocycles. The van der Waals surface area contributed by atoms with Crippen molar-refractivity contribution in [1.29, 1.82) is 5.26 Å². The molecule has 0 aliphatic rings. The van der Waals surface area contributed by atoms with Gasteiger partial charge in [-0.25, -0.2) is 14.4 Å². The molecule has 4 aromatic rings. The van der Waals surface area contributed by atoms with Crippen LogP contribution >= 0.6 is 0 Å². The van der Waals surface area contributed by atoms with Crippen LogP contribution in [0.15, 0.2) is 60.7 Å². The highest BCUT2D eigenvalue weighted by Crippen LogP contribution is 2.23. The van der Waals surface area contributed by atoms with E-state index in [4.69, 9.17) is 5.26 Å². The normalized spacial score (nSPS) is 10.7. The largest absolute Gasteiger partial charge is 0.340 e. The summed E-state index contributed by atoms with van der Waals surface area (Å²) < 4.78 is 15.5.